The number of amides is 2. The number of hydroxylamine groups is 2. The van der Waals surface area contributed by atoms with E-state index in [1.54, 1.807) is 58.0 Å². The van der Waals surface area contributed by atoms with Crippen LogP contribution in [0.3, 0.4) is 0 Å². The summed E-state index contributed by atoms with van der Waals surface area (Å²) in [6.07, 6.45) is 2.35. The molecule has 1 aromatic carbocycles. The number of carbonyl (C=O) groups excluding carboxylic acids is 4. The molecule has 0 unspecified atom stereocenters. The third kappa shape index (κ3) is 11.4. The fraction of sp³-hybridized carbons (Fsp3) is 0.455. The number of carbonyl (C=O) groups is 4. The van der Waals surface area contributed by atoms with Crippen LogP contribution in [0.5, 0.6) is 0 Å². The highest BCUT2D eigenvalue weighted by Gasteiger charge is 2.19. The Bertz CT molecular complexity index is 770. The SMILES string of the molecule is CCOC(=O)/C=C/C(=O)N(CCCCNC(=O)OC(C)(C)C)OC(=O)c1ccccc1. The molecule has 170 valence electrons. The second-order valence-electron chi connectivity index (χ2n) is 7.41. The van der Waals surface area contributed by atoms with E-state index in [1.807, 2.05) is 0 Å². The molecule has 0 saturated heterocycles. The molecule has 0 radical (unpaired) electrons. The van der Waals surface area contributed by atoms with Gasteiger partial charge in [-0.1, -0.05) is 18.2 Å². The van der Waals surface area contributed by atoms with Crippen molar-refractivity contribution < 1.29 is 33.5 Å². The molecule has 0 aliphatic heterocycles. The Kier molecular flexibility index (Phi) is 10.8. The number of alkyl carbamates (subject to hydrolysis) is 1. The number of hydrogen-bond acceptors (Lipinski definition) is 7. The molecule has 0 fully saturated rings. The Morgan fingerprint density at radius 2 is 1.71 bits per heavy atom. The first kappa shape index (κ1) is 25.7. The Labute approximate surface area is 182 Å². The van der Waals surface area contributed by atoms with E-state index < -0.39 is 29.5 Å². The van der Waals surface area contributed by atoms with Gasteiger partial charge in [0, 0.05) is 18.7 Å². The summed E-state index contributed by atoms with van der Waals surface area (Å²) in [4.78, 5) is 53.0. The Morgan fingerprint density at radius 3 is 2.32 bits per heavy atom. The van der Waals surface area contributed by atoms with Gasteiger partial charge in [-0.25, -0.2) is 14.4 Å². The molecule has 0 atom stereocenters. The normalized spacial score (nSPS) is 11.0. The lowest BCUT2D eigenvalue weighted by atomic mass is 10.2. The maximum atomic E-state index is 12.4. The van der Waals surface area contributed by atoms with E-state index in [0.29, 0.717) is 19.4 Å². The van der Waals surface area contributed by atoms with Gasteiger partial charge in [0.05, 0.1) is 18.7 Å². The van der Waals surface area contributed by atoms with Crippen molar-refractivity contribution in [1.82, 2.24) is 10.4 Å². The second kappa shape index (κ2) is 13.0. The average Bonchev–Trinajstić information content (AvgIpc) is 2.70. The van der Waals surface area contributed by atoms with Crippen LogP contribution in [0.1, 0.15) is 50.9 Å². The van der Waals surface area contributed by atoms with Gasteiger partial charge >= 0.3 is 18.0 Å². The van der Waals surface area contributed by atoms with Crippen molar-refractivity contribution in [2.75, 3.05) is 19.7 Å². The molecule has 1 rings (SSSR count). The second-order valence-corrected chi connectivity index (χ2v) is 7.41. The molecule has 2 amide bonds. The van der Waals surface area contributed by atoms with Gasteiger partial charge in [-0.3, -0.25) is 4.79 Å². The molecule has 0 aromatic heterocycles. The van der Waals surface area contributed by atoms with E-state index in [1.165, 1.54) is 0 Å². The van der Waals surface area contributed by atoms with E-state index in [0.717, 1.165) is 17.2 Å². The first-order chi connectivity index (χ1) is 14.6. The van der Waals surface area contributed by atoms with E-state index in [4.69, 9.17) is 14.3 Å². The predicted octanol–water partition coefficient (Wildman–Crippen LogP) is 3.01. The van der Waals surface area contributed by atoms with Crippen LogP contribution >= 0.6 is 0 Å². The summed E-state index contributed by atoms with van der Waals surface area (Å²) in [6, 6.07) is 8.21. The largest absolute Gasteiger partial charge is 0.463 e. The third-order valence-electron chi connectivity index (χ3n) is 3.55. The fourth-order valence-corrected chi connectivity index (χ4v) is 2.23. The van der Waals surface area contributed by atoms with Gasteiger partial charge in [-0.15, -0.1) is 0 Å². The number of benzene rings is 1. The number of nitrogens with one attached hydrogen (secondary N) is 1. The minimum atomic E-state index is -0.703. The van der Waals surface area contributed by atoms with Crippen molar-refractivity contribution in [3.63, 3.8) is 0 Å². The van der Waals surface area contributed by atoms with Gasteiger partial charge in [0.1, 0.15) is 5.60 Å². The molecular weight excluding hydrogens is 404 g/mol. The zero-order valence-electron chi connectivity index (χ0n) is 18.4. The first-order valence-corrected chi connectivity index (χ1v) is 10.0. The molecule has 9 heteroatoms. The predicted molar refractivity (Wildman–Crippen MR) is 113 cm³/mol. The summed E-state index contributed by atoms with van der Waals surface area (Å²) >= 11 is 0. The highest BCUT2D eigenvalue weighted by Crippen LogP contribution is 2.08. The maximum absolute atomic E-state index is 12.4. The monoisotopic (exact) mass is 434 g/mol. The smallest absolute Gasteiger partial charge is 0.407 e. The van der Waals surface area contributed by atoms with E-state index in [2.05, 4.69) is 5.32 Å². The Morgan fingerprint density at radius 1 is 1.03 bits per heavy atom. The lowest BCUT2D eigenvalue weighted by Gasteiger charge is -2.21. The number of ether oxygens (including phenoxy) is 2. The van der Waals surface area contributed by atoms with Gasteiger partial charge in [0.15, 0.2) is 0 Å². The van der Waals surface area contributed by atoms with E-state index in [-0.39, 0.29) is 18.7 Å². The van der Waals surface area contributed by atoms with Crippen molar-refractivity contribution in [3.8, 4) is 0 Å². The minimum absolute atomic E-state index is 0.0700. The van der Waals surface area contributed by atoms with Crippen molar-refractivity contribution in [3.05, 3.63) is 48.0 Å². The quantitative estimate of drug-likeness (QED) is 0.275. The number of esters is 1. The first-order valence-electron chi connectivity index (χ1n) is 10.0. The summed E-state index contributed by atoms with van der Waals surface area (Å²) in [6.45, 7) is 7.51. The van der Waals surface area contributed by atoms with Crippen molar-refractivity contribution >= 4 is 23.9 Å². The van der Waals surface area contributed by atoms with Crippen LogP contribution in [-0.4, -0.2) is 54.3 Å². The van der Waals surface area contributed by atoms with Crippen LogP contribution in [-0.2, 0) is 23.9 Å². The number of unbranched alkanes of at least 4 members (excludes halogenated alkanes) is 1. The maximum Gasteiger partial charge on any atom is 0.407 e. The van der Waals surface area contributed by atoms with Gasteiger partial charge < -0.3 is 19.6 Å². The van der Waals surface area contributed by atoms with Crippen LogP contribution < -0.4 is 5.32 Å². The minimum Gasteiger partial charge on any atom is -0.463 e. The lowest BCUT2D eigenvalue weighted by Crippen LogP contribution is -2.35. The van der Waals surface area contributed by atoms with Crippen molar-refractivity contribution in [1.29, 1.82) is 0 Å². The molecular formula is C22H30N2O7. The van der Waals surface area contributed by atoms with E-state index >= 15 is 0 Å². The molecule has 0 bridgehead atoms. The Balaban J connectivity index is 2.63. The van der Waals surface area contributed by atoms with Crippen molar-refractivity contribution in [2.45, 2.75) is 46.1 Å². The topological polar surface area (TPSA) is 111 Å². The molecule has 0 spiro atoms. The summed E-state index contributed by atoms with van der Waals surface area (Å²) in [5, 5.41) is 3.49. The highest BCUT2D eigenvalue weighted by atomic mass is 16.7. The van der Waals surface area contributed by atoms with Crippen molar-refractivity contribution in [2.24, 2.45) is 0 Å². The molecule has 1 aromatic rings. The number of rotatable bonds is 9. The van der Waals surface area contributed by atoms with Crippen LogP contribution in [0.2, 0.25) is 0 Å². The highest BCUT2D eigenvalue weighted by molar-refractivity contribution is 5.95. The third-order valence-corrected chi connectivity index (χ3v) is 3.55. The number of nitrogens with zero attached hydrogens (tertiary/aromatic N) is 1. The molecule has 1 N–H and O–H groups in total. The summed E-state index contributed by atoms with van der Waals surface area (Å²) in [5.41, 5.74) is -0.314. The Hall–Kier alpha value is -3.36. The summed E-state index contributed by atoms with van der Waals surface area (Å²) < 4.78 is 9.88. The summed E-state index contributed by atoms with van der Waals surface area (Å²) in [5.74, 6) is -2.06. The standard InChI is InChI=1S/C22H30N2O7/c1-5-29-19(26)14-13-18(25)24(31-20(27)17-11-7-6-8-12-17)16-10-9-15-23-21(28)30-22(2,3)4/h6-8,11-14H,5,9-10,15-16H2,1-4H3,(H,23,28)/b14-13+. The molecule has 0 aliphatic rings. The fourth-order valence-electron chi connectivity index (χ4n) is 2.23. The van der Waals surface area contributed by atoms with Gasteiger partial charge in [-0.05, 0) is 52.7 Å². The van der Waals surface area contributed by atoms with Crippen LogP contribution in [0.15, 0.2) is 42.5 Å². The van der Waals surface area contributed by atoms with Crippen LogP contribution in [0.4, 0.5) is 4.79 Å². The van der Waals surface area contributed by atoms with Crippen LogP contribution in [0, 0.1) is 0 Å². The molecule has 31 heavy (non-hydrogen) atoms. The summed E-state index contributed by atoms with van der Waals surface area (Å²) in [7, 11) is 0. The van der Waals surface area contributed by atoms with Gasteiger partial charge in [-0.2, -0.15) is 5.06 Å². The lowest BCUT2D eigenvalue weighted by molar-refractivity contribution is -0.162. The zero-order valence-corrected chi connectivity index (χ0v) is 18.4. The van der Waals surface area contributed by atoms with Crippen LogP contribution in [0.25, 0.3) is 0 Å². The van der Waals surface area contributed by atoms with Gasteiger partial charge in [0.2, 0.25) is 0 Å². The van der Waals surface area contributed by atoms with E-state index in [9.17, 15) is 19.2 Å². The van der Waals surface area contributed by atoms with Gasteiger partial charge in [0.25, 0.3) is 5.91 Å². The average molecular weight is 434 g/mol. The zero-order chi connectivity index (χ0) is 23.3. The molecule has 0 aliphatic carbocycles. The molecule has 0 saturated carbocycles. The molecule has 9 nitrogen and oxygen atoms in total. The number of hydrogen-bond donors (Lipinski definition) is 1. The molecule has 0 heterocycles.